The second-order valence-electron chi connectivity index (χ2n) is 5.07. The zero-order valence-electron chi connectivity index (χ0n) is 9.42. The highest BCUT2D eigenvalue weighted by Crippen LogP contribution is 2.31. The molecule has 0 bridgehead atoms. The molecule has 15 heavy (non-hydrogen) atoms. The van der Waals surface area contributed by atoms with E-state index in [1.54, 1.807) is 0 Å². The Balaban J connectivity index is 1.86. The van der Waals surface area contributed by atoms with E-state index in [-0.39, 0.29) is 0 Å². The van der Waals surface area contributed by atoms with Crippen molar-refractivity contribution in [3.8, 4) is 0 Å². The summed E-state index contributed by atoms with van der Waals surface area (Å²) in [4.78, 5) is 14.7. The SMILES string of the molecule is CC1CCC(Br)CN1C(=O)CC1CCC1. The van der Waals surface area contributed by atoms with Gasteiger partial charge in [-0.3, -0.25) is 4.79 Å². The zero-order chi connectivity index (χ0) is 10.8. The molecule has 0 aromatic rings. The average molecular weight is 274 g/mol. The van der Waals surface area contributed by atoms with E-state index in [1.807, 2.05) is 0 Å². The molecule has 3 heteroatoms. The van der Waals surface area contributed by atoms with Gasteiger partial charge < -0.3 is 4.90 Å². The lowest BCUT2D eigenvalue weighted by molar-refractivity contribution is -0.135. The van der Waals surface area contributed by atoms with Gasteiger partial charge in [-0.1, -0.05) is 22.4 Å². The smallest absolute Gasteiger partial charge is 0.223 e. The first-order valence-corrected chi connectivity index (χ1v) is 7.02. The molecule has 1 aliphatic carbocycles. The maximum Gasteiger partial charge on any atom is 0.223 e. The van der Waals surface area contributed by atoms with E-state index in [0.717, 1.165) is 19.4 Å². The Bertz CT molecular complexity index is 240. The molecule has 1 aliphatic heterocycles. The van der Waals surface area contributed by atoms with Gasteiger partial charge in [0.25, 0.3) is 0 Å². The van der Waals surface area contributed by atoms with Crippen molar-refractivity contribution in [2.45, 2.75) is 56.3 Å². The normalized spacial score (nSPS) is 32.5. The Kier molecular flexibility index (Phi) is 3.70. The van der Waals surface area contributed by atoms with Gasteiger partial charge in [0.1, 0.15) is 0 Å². The highest BCUT2D eigenvalue weighted by Gasteiger charge is 2.30. The minimum Gasteiger partial charge on any atom is -0.339 e. The molecule has 0 radical (unpaired) electrons. The molecule has 1 heterocycles. The number of alkyl halides is 1. The van der Waals surface area contributed by atoms with Gasteiger partial charge in [0.2, 0.25) is 5.91 Å². The minimum atomic E-state index is 0.386. The van der Waals surface area contributed by atoms with Crippen molar-refractivity contribution in [2.24, 2.45) is 5.92 Å². The Morgan fingerprint density at radius 3 is 2.67 bits per heavy atom. The largest absolute Gasteiger partial charge is 0.339 e. The number of rotatable bonds is 2. The molecule has 0 aromatic heterocycles. The summed E-state index contributed by atoms with van der Waals surface area (Å²) in [6.07, 6.45) is 7.01. The Morgan fingerprint density at radius 1 is 1.33 bits per heavy atom. The van der Waals surface area contributed by atoms with Crippen LogP contribution < -0.4 is 0 Å². The summed E-state index contributed by atoms with van der Waals surface area (Å²) in [7, 11) is 0. The third kappa shape index (κ3) is 2.74. The number of amides is 1. The molecular weight excluding hydrogens is 254 g/mol. The van der Waals surface area contributed by atoms with Crippen molar-refractivity contribution in [1.29, 1.82) is 0 Å². The number of carbonyl (C=O) groups excluding carboxylic acids is 1. The van der Waals surface area contributed by atoms with Gasteiger partial charge in [-0.15, -0.1) is 0 Å². The number of hydrogen-bond acceptors (Lipinski definition) is 1. The number of carbonyl (C=O) groups is 1. The lowest BCUT2D eigenvalue weighted by atomic mass is 9.82. The van der Waals surface area contributed by atoms with Crippen LogP contribution in [0.25, 0.3) is 0 Å². The van der Waals surface area contributed by atoms with Crippen molar-refractivity contribution in [3.63, 3.8) is 0 Å². The van der Waals surface area contributed by atoms with E-state index in [0.29, 0.717) is 22.7 Å². The summed E-state index contributed by atoms with van der Waals surface area (Å²) in [5, 5.41) is 0. The van der Waals surface area contributed by atoms with Gasteiger partial charge in [0.05, 0.1) is 0 Å². The van der Waals surface area contributed by atoms with Crippen LogP contribution in [-0.4, -0.2) is 28.2 Å². The third-order valence-electron chi connectivity index (χ3n) is 3.83. The van der Waals surface area contributed by atoms with Crippen LogP contribution in [0.15, 0.2) is 0 Å². The lowest BCUT2D eigenvalue weighted by Gasteiger charge is -2.37. The van der Waals surface area contributed by atoms with Gasteiger partial charge >= 0.3 is 0 Å². The van der Waals surface area contributed by atoms with Gasteiger partial charge in [0, 0.05) is 23.8 Å². The predicted molar refractivity (Wildman–Crippen MR) is 65.1 cm³/mol. The van der Waals surface area contributed by atoms with Crippen molar-refractivity contribution in [2.75, 3.05) is 6.54 Å². The second kappa shape index (κ2) is 4.86. The number of hydrogen-bond donors (Lipinski definition) is 0. The maximum atomic E-state index is 12.1. The van der Waals surface area contributed by atoms with Crippen molar-refractivity contribution < 1.29 is 4.79 Å². The zero-order valence-corrected chi connectivity index (χ0v) is 11.0. The average Bonchev–Trinajstić information content (AvgIpc) is 2.15. The van der Waals surface area contributed by atoms with E-state index in [4.69, 9.17) is 0 Å². The minimum absolute atomic E-state index is 0.386. The molecule has 1 saturated carbocycles. The van der Waals surface area contributed by atoms with Crippen LogP contribution in [0, 0.1) is 5.92 Å². The van der Waals surface area contributed by atoms with Gasteiger partial charge in [0.15, 0.2) is 0 Å². The summed E-state index contributed by atoms with van der Waals surface area (Å²) in [5.74, 6) is 1.08. The van der Waals surface area contributed by atoms with Crippen molar-refractivity contribution >= 4 is 21.8 Å². The molecule has 2 nitrogen and oxygen atoms in total. The van der Waals surface area contributed by atoms with Crippen LogP contribution in [0.1, 0.15) is 45.4 Å². The molecule has 2 aliphatic rings. The van der Waals surface area contributed by atoms with Crippen LogP contribution in [0.3, 0.4) is 0 Å². The third-order valence-corrected chi connectivity index (χ3v) is 4.58. The highest BCUT2D eigenvalue weighted by molar-refractivity contribution is 9.09. The Hall–Kier alpha value is -0.0500. The van der Waals surface area contributed by atoms with Crippen molar-refractivity contribution in [1.82, 2.24) is 4.90 Å². The fraction of sp³-hybridized carbons (Fsp3) is 0.917. The summed E-state index contributed by atoms with van der Waals surface area (Å²) in [5.41, 5.74) is 0. The topological polar surface area (TPSA) is 20.3 Å². The number of halogens is 1. The Morgan fingerprint density at radius 2 is 2.07 bits per heavy atom. The van der Waals surface area contributed by atoms with Crippen LogP contribution in [0.5, 0.6) is 0 Å². The standard InChI is InChI=1S/C12H20BrNO/c1-9-5-6-11(13)8-14(9)12(15)7-10-3-2-4-10/h9-11H,2-8H2,1H3. The van der Waals surface area contributed by atoms with Gasteiger partial charge in [-0.05, 0) is 38.5 Å². The van der Waals surface area contributed by atoms with Crippen LogP contribution in [-0.2, 0) is 4.79 Å². The van der Waals surface area contributed by atoms with E-state index in [2.05, 4.69) is 27.8 Å². The molecule has 0 aromatic carbocycles. The van der Waals surface area contributed by atoms with Crippen LogP contribution >= 0.6 is 15.9 Å². The molecule has 86 valence electrons. The first-order chi connectivity index (χ1) is 7.16. The molecular formula is C12H20BrNO. The molecule has 2 unspecified atom stereocenters. The van der Waals surface area contributed by atoms with E-state index in [1.165, 1.54) is 25.7 Å². The van der Waals surface area contributed by atoms with E-state index < -0.39 is 0 Å². The molecule has 2 fully saturated rings. The molecule has 2 atom stereocenters. The monoisotopic (exact) mass is 273 g/mol. The number of nitrogens with zero attached hydrogens (tertiary/aromatic N) is 1. The summed E-state index contributed by atoms with van der Waals surface area (Å²) >= 11 is 3.63. The highest BCUT2D eigenvalue weighted by atomic mass is 79.9. The molecule has 0 N–H and O–H groups in total. The fourth-order valence-corrected chi connectivity index (χ4v) is 3.05. The van der Waals surface area contributed by atoms with E-state index >= 15 is 0 Å². The Labute approximate surface area is 101 Å². The van der Waals surface area contributed by atoms with Crippen LogP contribution in [0.4, 0.5) is 0 Å². The molecule has 1 saturated heterocycles. The van der Waals surface area contributed by atoms with Gasteiger partial charge in [-0.25, -0.2) is 0 Å². The molecule has 2 rings (SSSR count). The lowest BCUT2D eigenvalue weighted by Crippen LogP contribution is -2.46. The number of piperidine rings is 1. The summed E-state index contributed by atoms with van der Waals surface area (Å²) < 4.78 is 0. The first kappa shape index (κ1) is 11.4. The summed E-state index contributed by atoms with van der Waals surface area (Å²) in [6.45, 7) is 3.09. The molecule has 0 spiro atoms. The second-order valence-corrected chi connectivity index (χ2v) is 6.37. The number of likely N-dealkylation sites (tertiary alicyclic amines) is 1. The van der Waals surface area contributed by atoms with Crippen LogP contribution in [0.2, 0.25) is 0 Å². The quantitative estimate of drug-likeness (QED) is 0.709. The van der Waals surface area contributed by atoms with Crippen molar-refractivity contribution in [3.05, 3.63) is 0 Å². The maximum absolute atomic E-state index is 12.1. The fourth-order valence-electron chi connectivity index (χ4n) is 2.47. The first-order valence-electron chi connectivity index (χ1n) is 6.10. The van der Waals surface area contributed by atoms with Gasteiger partial charge in [-0.2, -0.15) is 0 Å². The van der Waals surface area contributed by atoms with E-state index in [9.17, 15) is 4.79 Å². The predicted octanol–water partition coefficient (Wildman–Crippen LogP) is 2.95. The summed E-state index contributed by atoms with van der Waals surface area (Å²) in [6, 6.07) is 0.450. The molecule has 1 amide bonds.